The van der Waals surface area contributed by atoms with E-state index in [9.17, 15) is 19.2 Å². The molecule has 3 amide bonds. The maximum atomic E-state index is 12.9. The molecule has 0 radical (unpaired) electrons. The third kappa shape index (κ3) is 15.9. The molecule has 59 heavy (non-hydrogen) atoms. The summed E-state index contributed by atoms with van der Waals surface area (Å²) in [6, 6.07) is 33.8. The topological polar surface area (TPSA) is 170 Å². The fourth-order valence-electron chi connectivity index (χ4n) is 6.05. The van der Waals surface area contributed by atoms with E-state index in [1.165, 1.54) is 4.90 Å². The van der Waals surface area contributed by atoms with Crippen molar-refractivity contribution in [3.05, 3.63) is 109 Å². The van der Waals surface area contributed by atoms with Gasteiger partial charge in [0, 0.05) is 26.2 Å². The number of carboxylic acid groups (broad SMARTS) is 1. The fraction of sp³-hybridized carbons (Fsp3) is 0.391. The van der Waals surface area contributed by atoms with Crippen molar-refractivity contribution in [2.45, 2.75) is 78.4 Å². The second-order valence-corrected chi connectivity index (χ2v) is 16.2. The van der Waals surface area contributed by atoms with E-state index in [4.69, 9.17) is 29.8 Å². The van der Waals surface area contributed by atoms with Gasteiger partial charge in [0.25, 0.3) is 0 Å². The first-order valence-electron chi connectivity index (χ1n) is 19.9. The number of ether oxygens (including phenoxy) is 4. The SMILES string of the molecule is CC(C)(C)OC(=O)N1CCCC(C(=O)Nc2ccccc2Oc2ccccc2)C1.CC(C)(C)OC(=O)N1CCCC(C(=O)O)C1.Nc1ccccc1Oc1ccccc1. The van der Waals surface area contributed by atoms with E-state index in [2.05, 4.69) is 5.32 Å². The van der Waals surface area contributed by atoms with Gasteiger partial charge in [0.1, 0.15) is 28.5 Å². The normalized spacial score (nSPS) is 16.4. The lowest BCUT2D eigenvalue weighted by Gasteiger charge is -2.33. The number of para-hydroxylation sites is 6. The molecule has 316 valence electrons. The van der Waals surface area contributed by atoms with Crippen molar-refractivity contribution >= 4 is 35.4 Å². The lowest BCUT2D eigenvalue weighted by molar-refractivity contribution is -0.143. The lowest BCUT2D eigenvalue weighted by Crippen LogP contribution is -2.45. The van der Waals surface area contributed by atoms with Gasteiger partial charge in [-0.15, -0.1) is 0 Å². The van der Waals surface area contributed by atoms with Crippen LogP contribution in [0.5, 0.6) is 23.0 Å². The average molecular weight is 811 g/mol. The van der Waals surface area contributed by atoms with Gasteiger partial charge in [-0.3, -0.25) is 9.59 Å². The molecule has 2 aliphatic rings. The van der Waals surface area contributed by atoms with Crippen LogP contribution in [0, 0.1) is 11.8 Å². The summed E-state index contributed by atoms with van der Waals surface area (Å²) >= 11 is 0. The number of carboxylic acids is 1. The molecule has 2 atom stereocenters. The van der Waals surface area contributed by atoms with E-state index in [0.717, 1.165) is 25.0 Å². The Morgan fingerprint density at radius 3 is 1.53 bits per heavy atom. The first kappa shape index (κ1) is 45.5. The van der Waals surface area contributed by atoms with Crippen molar-refractivity contribution in [2.75, 3.05) is 37.2 Å². The van der Waals surface area contributed by atoms with E-state index in [0.29, 0.717) is 54.7 Å². The maximum absolute atomic E-state index is 12.9. The summed E-state index contributed by atoms with van der Waals surface area (Å²) in [7, 11) is 0. The molecule has 2 unspecified atom stereocenters. The van der Waals surface area contributed by atoms with Gasteiger partial charge >= 0.3 is 18.2 Å². The summed E-state index contributed by atoms with van der Waals surface area (Å²) in [4.78, 5) is 50.8. The Labute approximate surface area is 347 Å². The molecule has 0 aliphatic carbocycles. The van der Waals surface area contributed by atoms with Crippen LogP contribution in [0.15, 0.2) is 109 Å². The largest absolute Gasteiger partial charge is 0.481 e. The molecule has 2 fully saturated rings. The van der Waals surface area contributed by atoms with Crippen LogP contribution in [0.4, 0.5) is 21.0 Å². The van der Waals surface area contributed by atoms with Crippen molar-refractivity contribution < 1.29 is 43.2 Å². The van der Waals surface area contributed by atoms with Crippen molar-refractivity contribution in [1.29, 1.82) is 0 Å². The number of rotatable bonds is 7. The Morgan fingerprint density at radius 2 is 1.03 bits per heavy atom. The Bertz CT molecular complexity index is 1960. The number of likely N-dealkylation sites (tertiary alicyclic amines) is 2. The van der Waals surface area contributed by atoms with Gasteiger partial charge in [-0.25, -0.2) is 9.59 Å². The number of hydrogen-bond donors (Lipinski definition) is 3. The molecule has 2 heterocycles. The van der Waals surface area contributed by atoms with Crippen LogP contribution < -0.4 is 20.5 Å². The highest BCUT2D eigenvalue weighted by atomic mass is 16.6. The molecule has 4 aromatic rings. The quantitative estimate of drug-likeness (QED) is 0.153. The molecule has 2 saturated heterocycles. The lowest BCUT2D eigenvalue weighted by atomic mass is 9.97. The zero-order chi connectivity index (χ0) is 43.0. The second-order valence-electron chi connectivity index (χ2n) is 16.2. The molecule has 13 heteroatoms. The Morgan fingerprint density at radius 1 is 0.610 bits per heavy atom. The van der Waals surface area contributed by atoms with Gasteiger partial charge < -0.3 is 44.9 Å². The van der Waals surface area contributed by atoms with E-state index < -0.39 is 29.2 Å². The van der Waals surface area contributed by atoms with Gasteiger partial charge in [0.15, 0.2) is 5.75 Å². The molecular weight excluding hydrogens is 753 g/mol. The third-order valence-corrected chi connectivity index (χ3v) is 8.87. The third-order valence-electron chi connectivity index (χ3n) is 8.87. The second kappa shape index (κ2) is 21.5. The molecule has 0 aromatic heterocycles. The van der Waals surface area contributed by atoms with E-state index >= 15 is 0 Å². The van der Waals surface area contributed by atoms with E-state index in [1.54, 1.807) is 25.7 Å². The number of nitrogens with two attached hydrogens (primary N) is 1. The average Bonchev–Trinajstić information content (AvgIpc) is 3.20. The van der Waals surface area contributed by atoms with Gasteiger partial charge in [-0.2, -0.15) is 0 Å². The van der Waals surface area contributed by atoms with Crippen LogP contribution in [0.2, 0.25) is 0 Å². The van der Waals surface area contributed by atoms with E-state index in [1.807, 2.05) is 130 Å². The van der Waals surface area contributed by atoms with Crippen molar-refractivity contribution in [1.82, 2.24) is 9.80 Å². The number of hydrogen-bond acceptors (Lipinski definition) is 9. The molecular formula is C46H58N4O9. The number of piperidine rings is 2. The summed E-state index contributed by atoms with van der Waals surface area (Å²) in [5, 5.41) is 11.9. The van der Waals surface area contributed by atoms with Gasteiger partial charge in [0.2, 0.25) is 5.91 Å². The minimum absolute atomic E-state index is 0.123. The summed E-state index contributed by atoms with van der Waals surface area (Å²) < 4.78 is 22.1. The molecule has 0 bridgehead atoms. The van der Waals surface area contributed by atoms with Crippen LogP contribution in [-0.4, -0.2) is 76.4 Å². The smallest absolute Gasteiger partial charge is 0.410 e. The predicted molar refractivity (Wildman–Crippen MR) is 228 cm³/mol. The van der Waals surface area contributed by atoms with E-state index in [-0.39, 0.29) is 24.5 Å². The number of aliphatic carboxylic acids is 1. The van der Waals surface area contributed by atoms with Gasteiger partial charge in [-0.05, 0) is 116 Å². The van der Waals surface area contributed by atoms with Crippen LogP contribution in [0.1, 0.15) is 67.2 Å². The minimum atomic E-state index is -0.840. The number of amides is 3. The number of anilines is 2. The highest BCUT2D eigenvalue weighted by Crippen LogP contribution is 2.31. The molecule has 0 saturated carbocycles. The monoisotopic (exact) mass is 810 g/mol. The molecule has 6 rings (SSSR count). The van der Waals surface area contributed by atoms with Crippen LogP contribution in [-0.2, 0) is 19.1 Å². The molecule has 2 aliphatic heterocycles. The summed E-state index contributed by atoms with van der Waals surface area (Å²) in [6.07, 6.45) is 2.05. The highest BCUT2D eigenvalue weighted by Gasteiger charge is 2.32. The first-order valence-corrected chi connectivity index (χ1v) is 19.9. The summed E-state index contributed by atoms with van der Waals surface area (Å²) in [5.74, 6) is 1.05. The first-order chi connectivity index (χ1) is 28.0. The number of nitrogen functional groups attached to an aromatic ring is 1. The number of carbonyl (C=O) groups excluding carboxylic acids is 3. The standard InChI is InChI=1S/C23H28N2O4.C12H11NO.C11H19NO4/c1-23(2,3)29-22(27)25-15-9-10-17(16-25)21(26)24-19-13-7-8-14-20(19)28-18-11-5-4-6-12-18;13-11-8-4-5-9-12(11)14-10-6-2-1-3-7-10;1-11(2,3)16-10(15)12-6-4-5-8(7-12)9(13)14/h4-8,11-14,17H,9-10,15-16H2,1-3H3,(H,24,26);1-9H,13H2;8H,4-7H2,1-3H3,(H,13,14). The number of carbonyl (C=O) groups is 4. The van der Waals surface area contributed by atoms with Crippen LogP contribution >= 0.6 is 0 Å². The Balaban J connectivity index is 0.000000216. The molecule has 0 spiro atoms. The minimum Gasteiger partial charge on any atom is -0.481 e. The zero-order valence-electron chi connectivity index (χ0n) is 34.9. The van der Waals surface area contributed by atoms with Crippen LogP contribution in [0.25, 0.3) is 0 Å². The van der Waals surface area contributed by atoms with Crippen molar-refractivity contribution in [3.63, 3.8) is 0 Å². The number of benzene rings is 4. The predicted octanol–water partition coefficient (Wildman–Crippen LogP) is 9.84. The van der Waals surface area contributed by atoms with Gasteiger partial charge in [-0.1, -0.05) is 60.7 Å². The van der Waals surface area contributed by atoms with Crippen molar-refractivity contribution in [2.24, 2.45) is 11.8 Å². The number of nitrogens with zero attached hydrogens (tertiary/aromatic N) is 2. The Kier molecular flexibility index (Phi) is 16.6. The summed E-state index contributed by atoms with van der Waals surface area (Å²) in [6.45, 7) is 12.7. The highest BCUT2D eigenvalue weighted by molar-refractivity contribution is 5.94. The van der Waals surface area contributed by atoms with Crippen LogP contribution in [0.3, 0.4) is 0 Å². The Hall–Kier alpha value is -6.24. The van der Waals surface area contributed by atoms with Gasteiger partial charge in [0.05, 0.1) is 23.2 Å². The molecule has 13 nitrogen and oxygen atoms in total. The summed E-state index contributed by atoms with van der Waals surface area (Å²) in [5.41, 5.74) is 5.91. The van der Waals surface area contributed by atoms with Crippen molar-refractivity contribution in [3.8, 4) is 23.0 Å². The number of nitrogens with one attached hydrogen (secondary N) is 1. The fourth-order valence-corrected chi connectivity index (χ4v) is 6.05. The maximum Gasteiger partial charge on any atom is 0.410 e. The molecule has 4 N–H and O–H groups in total. The molecule has 4 aromatic carbocycles. The zero-order valence-corrected chi connectivity index (χ0v) is 34.9.